The summed E-state index contributed by atoms with van der Waals surface area (Å²) in [5.41, 5.74) is 0. The lowest BCUT2D eigenvalue weighted by atomic mass is 10.3. The molecule has 0 spiro atoms. The quantitative estimate of drug-likeness (QED) is 0.335. The van der Waals surface area contributed by atoms with Crippen LogP contribution >= 0.6 is 0 Å². The number of hydrogen-bond acceptors (Lipinski definition) is 5. The van der Waals surface area contributed by atoms with Crippen LogP contribution in [0.5, 0.6) is 5.75 Å². The van der Waals surface area contributed by atoms with Gasteiger partial charge in [-0.2, -0.15) is 0 Å². The number of hydrogen-bond donors (Lipinski definition) is 0. The van der Waals surface area contributed by atoms with Crippen molar-refractivity contribution in [3.8, 4) is 5.75 Å². The molecule has 5 heteroatoms. The maximum Gasteiger partial charge on any atom is 0.513 e. The summed E-state index contributed by atoms with van der Waals surface area (Å²) in [4.78, 5) is 21.9. The van der Waals surface area contributed by atoms with E-state index in [1.54, 1.807) is 24.3 Å². The summed E-state index contributed by atoms with van der Waals surface area (Å²) in [6.07, 6.45) is 0.699. The molecule has 18 heavy (non-hydrogen) atoms. The van der Waals surface area contributed by atoms with E-state index in [2.05, 4.69) is 6.58 Å². The predicted molar refractivity (Wildman–Crippen MR) is 64.2 cm³/mol. The number of benzene rings is 1. The van der Waals surface area contributed by atoms with Crippen molar-refractivity contribution in [1.29, 1.82) is 0 Å². The first-order valence-corrected chi connectivity index (χ1v) is 5.41. The Bertz CT molecular complexity index is 399. The SMILES string of the molecule is C=CC(=O)OCCCOC(=O)Oc1ccccc1. The fourth-order valence-electron chi connectivity index (χ4n) is 1.06. The van der Waals surface area contributed by atoms with E-state index < -0.39 is 12.1 Å². The second-order valence-corrected chi connectivity index (χ2v) is 3.24. The Morgan fingerprint density at radius 2 is 1.78 bits per heavy atom. The van der Waals surface area contributed by atoms with Gasteiger partial charge >= 0.3 is 12.1 Å². The van der Waals surface area contributed by atoms with Gasteiger partial charge in [0.25, 0.3) is 0 Å². The summed E-state index contributed by atoms with van der Waals surface area (Å²) >= 11 is 0. The summed E-state index contributed by atoms with van der Waals surface area (Å²) in [6, 6.07) is 8.60. The number of rotatable bonds is 6. The molecule has 0 aromatic heterocycles. The minimum atomic E-state index is -0.781. The van der Waals surface area contributed by atoms with Gasteiger partial charge in [0.1, 0.15) is 5.75 Å². The van der Waals surface area contributed by atoms with E-state index >= 15 is 0 Å². The molecule has 0 fully saturated rings. The van der Waals surface area contributed by atoms with E-state index in [9.17, 15) is 9.59 Å². The topological polar surface area (TPSA) is 61.8 Å². The highest BCUT2D eigenvalue weighted by atomic mass is 16.7. The molecule has 0 N–H and O–H groups in total. The van der Waals surface area contributed by atoms with E-state index in [0.29, 0.717) is 12.2 Å². The lowest BCUT2D eigenvalue weighted by Crippen LogP contribution is -2.13. The Kier molecular flexibility index (Phi) is 6.03. The molecule has 0 bridgehead atoms. The van der Waals surface area contributed by atoms with E-state index in [1.165, 1.54) is 0 Å². The third kappa shape index (κ3) is 5.69. The van der Waals surface area contributed by atoms with Crippen molar-refractivity contribution in [3.63, 3.8) is 0 Å². The average Bonchev–Trinajstić information content (AvgIpc) is 2.39. The van der Waals surface area contributed by atoms with Crippen LogP contribution in [0.15, 0.2) is 43.0 Å². The third-order valence-electron chi connectivity index (χ3n) is 1.86. The van der Waals surface area contributed by atoms with E-state index in [1.807, 2.05) is 6.07 Å². The zero-order chi connectivity index (χ0) is 13.2. The molecule has 1 aromatic rings. The maximum atomic E-state index is 11.2. The van der Waals surface area contributed by atoms with Gasteiger partial charge in [-0.3, -0.25) is 0 Å². The molecular formula is C13H14O5. The van der Waals surface area contributed by atoms with Crippen molar-refractivity contribution in [2.75, 3.05) is 13.2 Å². The predicted octanol–water partition coefficient (Wildman–Crippen LogP) is 2.32. The van der Waals surface area contributed by atoms with Crippen LogP contribution in [0.3, 0.4) is 0 Å². The molecule has 0 radical (unpaired) electrons. The summed E-state index contributed by atoms with van der Waals surface area (Å²) in [6.45, 7) is 3.55. The van der Waals surface area contributed by atoms with Gasteiger partial charge < -0.3 is 14.2 Å². The molecule has 96 valence electrons. The molecule has 1 aromatic carbocycles. The van der Waals surface area contributed by atoms with Crippen molar-refractivity contribution in [1.82, 2.24) is 0 Å². The van der Waals surface area contributed by atoms with E-state index in [0.717, 1.165) is 6.08 Å². The summed E-state index contributed by atoms with van der Waals surface area (Å²) < 4.78 is 14.4. The van der Waals surface area contributed by atoms with Gasteiger partial charge in [-0.25, -0.2) is 9.59 Å². The van der Waals surface area contributed by atoms with Crippen LogP contribution in [-0.2, 0) is 14.3 Å². The molecule has 0 atom stereocenters. The Morgan fingerprint density at radius 1 is 1.11 bits per heavy atom. The second kappa shape index (κ2) is 7.89. The molecule has 1 rings (SSSR count). The Hall–Kier alpha value is -2.30. The molecule has 0 unspecified atom stereocenters. The van der Waals surface area contributed by atoms with Crippen LogP contribution < -0.4 is 4.74 Å². The fraction of sp³-hybridized carbons (Fsp3) is 0.231. The van der Waals surface area contributed by atoms with Crippen molar-refractivity contribution in [3.05, 3.63) is 43.0 Å². The minimum absolute atomic E-state index is 0.121. The van der Waals surface area contributed by atoms with Crippen LogP contribution in [0, 0.1) is 0 Å². The first-order valence-electron chi connectivity index (χ1n) is 5.41. The highest BCUT2D eigenvalue weighted by molar-refractivity contribution is 5.81. The van der Waals surface area contributed by atoms with Gasteiger partial charge in [0.05, 0.1) is 13.2 Å². The van der Waals surface area contributed by atoms with Crippen LogP contribution in [0.25, 0.3) is 0 Å². The number of esters is 1. The van der Waals surface area contributed by atoms with Crippen LogP contribution in [0.2, 0.25) is 0 Å². The molecule has 0 aliphatic heterocycles. The van der Waals surface area contributed by atoms with Gasteiger partial charge in [0.15, 0.2) is 0 Å². The Morgan fingerprint density at radius 3 is 2.44 bits per heavy atom. The summed E-state index contributed by atoms with van der Waals surface area (Å²) in [5, 5.41) is 0. The van der Waals surface area contributed by atoms with E-state index in [4.69, 9.17) is 14.2 Å². The fourth-order valence-corrected chi connectivity index (χ4v) is 1.06. The lowest BCUT2D eigenvalue weighted by molar-refractivity contribution is -0.138. The molecule has 0 aliphatic rings. The maximum absolute atomic E-state index is 11.2. The lowest BCUT2D eigenvalue weighted by Gasteiger charge is -2.05. The smallest absolute Gasteiger partial charge is 0.462 e. The van der Waals surface area contributed by atoms with Crippen LogP contribution in [0.4, 0.5) is 4.79 Å². The molecule has 0 saturated heterocycles. The van der Waals surface area contributed by atoms with Crippen molar-refractivity contribution in [2.24, 2.45) is 0 Å². The Labute approximate surface area is 105 Å². The van der Waals surface area contributed by atoms with Gasteiger partial charge in [0, 0.05) is 12.5 Å². The standard InChI is InChI=1S/C13H14O5/c1-2-12(14)16-9-6-10-17-13(15)18-11-7-4-3-5-8-11/h2-5,7-8H,1,6,9-10H2. The first kappa shape index (κ1) is 13.8. The second-order valence-electron chi connectivity index (χ2n) is 3.24. The van der Waals surface area contributed by atoms with Gasteiger partial charge in [-0.15, -0.1) is 0 Å². The molecule has 5 nitrogen and oxygen atoms in total. The highest BCUT2D eigenvalue weighted by Crippen LogP contribution is 2.09. The average molecular weight is 250 g/mol. The monoisotopic (exact) mass is 250 g/mol. The minimum Gasteiger partial charge on any atom is -0.462 e. The molecule has 0 saturated carbocycles. The first-order chi connectivity index (χ1) is 8.72. The van der Waals surface area contributed by atoms with Gasteiger partial charge in [0.2, 0.25) is 0 Å². The van der Waals surface area contributed by atoms with Gasteiger partial charge in [-0.1, -0.05) is 24.8 Å². The van der Waals surface area contributed by atoms with Crippen LogP contribution in [0.1, 0.15) is 6.42 Å². The zero-order valence-corrected chi connectivity index (χ0v) is 9.83. The number of carbonyl (C=O) groups excluding carboxylic acids is 2. The summed E-state index contributed by atoms with van der Waals surface area (Å²) in [7, 11) is 0. The third-order valence-corrected chi connectivity index (χ3v) is 1.86. The molecular weight excluding hydrogens is 236 g/mol. The zero-order valence-electron chi connectivity index (χ0n) is 9.83. The van der Waals surface area contributed by atoms with E-state index in [-0.39, 0.29) is 13.2 Å². The largest absolute Gasteiger partial charge is 0.513 e. The number of carbonyl (C=O) groups is 2. The summed E-state index contributed by atoms with van der Waals surface area (Å²) in [5.74, 6) is -0.0811. The molecule has 0 amide bonds. The van der Waals surface area contributed by atoms with Crippen LogP contribution in [-0.4, -0.2) is 25.3 Å². The number of ether oxygens (including phenoxy) is 3. The van der Waals surface area contributed by atoms with Gasteiger partial charge in [-0.05, 0) is 12.1 Å². The molecule has 0 aliphatic carbocycles. The van der Waals surface area contributed by atoms with Crippen molar-refractivity contribution >= 4 is 12.1 Å². The van der Waals surface area contributed by atoms with Crippen molar-refractivity contribution in [2.45, 2.75) is 6.42 Å². The normalized spacial score (nSPS) is 9.33. The Balaban J connectivity index is 2.11. The highest BCUT2D eigenvalue weighted by Gasteiger charge is 2.05. The van der Waals surface area contributed by atoms with Crippen molar-refractivity contribution < 1.29 is 23.8 Å². The molecule has 0 heterocycles. The number of para-hydroxylation sites is 1.